The third-order valence-electron chi connectivity index (χ3n) is 10.8. The van der Waals surface area contributed by atoms with E-state index < -0.39 is 35.1 Å². The molecule has 0 heterocycles. The van der Waals surface area contributed by atoms with E-state index in [-0.39, 0.29) is 36.0 Å². The molecule has 5 nitrogen and oxygen atoms in total. The van der Waals surface area contributed by atoms with E-state index in [0.717, 1.165) is 25.7 Å². The van der Waals surface area contributed by atoms with E-state index in [1.807, 2.05) is 0 Å². The van der Waals surface area contributed by atoms with Crippen LogP contribution in [0, 0.1) is 45.8 Å². The van der Waals surface area contributed by atoms with Crippen molar-refractivity contribution in [2.45, 2.75) is 104 Å². The van der Waals surface area contributed by atoms with Crippen LogP contribution in [0.1, 0.15) is 85.5 Å². The van der Waals surface area contributed by atoms with Crippen LogP contribution in [0.15, 0.2) is 0 Å². The summed E-state index contributed by atoms with van der Waals surface area (Å²) in [5.74, 6) is 0.391. The van der Waals surface area contributed by atoms with Gasteiger partial charge in [0.1, 0.15) is 0 Å². The number of hydrogen-bond acceptors (Lipinski definition) is 4. The fourth-order valence-corrected chi connectivity index (χ4v) is 9.28. The molecule has 0 aromatic heterocycles. The lowest BCUT2D eigenvalue weighted by Crippen LogP contribution is -2.67. The maximum atomic E-state index is 12.6. The lowest BCUT2D eigenvalue weighted by atomic mass is 9.38. The lowest BCUT2D eigenvalue weighted by molar-refractivity contribution is -0.242. The van der Waals surface area contributed by atoms with Gasteiger partial charge in [0.05, 0.1) is 23.7 Å². The van der Waals surface area contributed by atoms with Gasteiger partial charge in [0, 0.05) is 0 Å². The summed E-state index contributed by atoms with van der Waals surface area (Å²) in [6, 6.07) is 0. The molecule has 4 fully saturated rings. The zero-order chi connectivity index (χ0) is 22.1. The molecule has 0 aromatic rings. The molecule has 0 spiro atoms. The van der Waals surface area contributed by atoms with Crippen molar-refractivity contribution in [3.05, 3.63) is 0 Å². The van der Waals surface area contributed by atoms with Gasteiger partial charge in [-0.3, -0.25) is 4.79 Å². The van der Waals surface area contributed by atoms with Crippen LogP contribution < -0.4 is 0 Å². The van der Waals surface area contributed by atoms with Crippen molar-refractivity contribution in [1.82, 2.24) is 0 Å². The largest absolute Gasteiger partial charge is 0.481 e. The SMILES string of the molecule is CCC[C@@H](C)[C@H]1CC[C@H]2[C@@H]3[C@H](O)CC4(C(=O)O)C[C@H](O)CC[C@]4(C)[C@H]3C[C@H](O)[C@]12C. The zero-order valence-corrected chi connectivity index (χ0v) is 19.2. The minimum absolute atomic E-state index is 0.0156. The molecule has 0 radical (unpaired) electrons. The maximum Gasteiger partial charge on any atom is 0.310 e. The number of fused-ring (bicyclic) bond motifs is 5. The molecular formula is C25H42O5. The number of carboxylic acid groups (broad SMARTS) is 1. The van der Waals surface area contributed by atoms with Crippen LogP contribution in [0.25, 0.3) is 0 Å². The summed E-state index contributed by atoms with van der Waals surface area (Å²) in [4.78, 5) is 12.6. The van der Waals surface area contributed by atoms with Crippen LogP contribution in [0.3, 0.4) is 0 Å². The van der Waals surface area contributed by atoms with E-state index >= 15 is 0 Å². The van der Waals surface area contributed by atoms with E-state index in [2.05, 4.69) is 27.7 Å². The Morgan fingerprint density at radius 3 is 2.40 bits per heavy atom. The van der Waals surface area contributed by atoms with Crippen LogP contribution in [0.2, 0.25) is 0 Å². The van der Waals surface area contributed by atoms with Crippen LogP contribution in [-0.2, 0) is 4.79 Å². The van der Waals surface area contributed by atoms with E-state index in [1.165, 1.54) is 0 Å². The van der Waals surface area contributed by atoms with Gasteiger partial charge in [-0.05, 0) is 85.4 Å². The topological polar surface area (TPSA) is 98.0 Å². The standard InChI is InChI=1S/C25H42O5/c1-5-6-14(2)16-7-8-17-21-18(11-20(28)24(16,17)4)23(3)10-9-15(26)12-25(23,22(29)30)13-19(21)27/h14-21,26-28H,5-13H2,1-4H3,(H,29,30)/t14-,15-,16-,17+,18+,19-,20+,21+,23-,24-,25?/m1/s1. The molecule has 4 aliphatic rings. The number of carboxylic acids is 1. The van der Waals surface area contributed by atoms with Crippen molar-refractivity contribution in [3.63, 3.8) is 0 Å². The Morgan fingerprint density at radius 2 is 1.77 bits per heavy atom. The molecule has 0 bridgehead atoms. The van der Waals surface area contributed by atoms with Gasteiger partial charge in [-0.2, -0.15) is 0 Å². The van der Waals surface area contributed by atoms with E-state index in [1.54, 1.807) is 0 Å². The summed E-state index contributed by atoms with van der Waals surface area (Å²) in [7, 11) is 0. The fourth-order valence-electron chi connectivity index (χ4n) is 9.28. The molecule has 0 aliphatic heterocycles. The molecule has 172 valence electrons. The van der Waals surface area contributed by atoms with Gasteiger partial charge >= 0.3 is 5.97 Å². The third-order valence-corrected chi connectivity index (χ3v) is 10.8. The first-order valence-electron chi connectivity index (χ1n) is 12.3. The maximum absolute atomic E-state index is 12.6. The highest BCUT2D eigenvalue weighted by Crippen LogP contribution is 2.71. The first-order valence-corrected chi connectivity index (χ1v) is 12.3. The minimum Gasteiger partial charge on any atom is -0.481 e. The average molecular weight is 423 g/mol. The Bertz CT molecular complexity index is 680. The summed E-state index contributed by atoms with van der Waals surface area (Å²) in [6.07, 6.45) is 4.93. The van der Waals surface area contributed by atoms with Crippen molar-refractivity contribution in [3.8, 4) is 0 Å². The molecule has 30 heavy (non-hydrogen) atoms. The molecule has 0 amide bonds. The highest BCUT2D eigenvalue weighted by Gasteiger charge is 2.71. The monoisotopic (exact) mass is 422 g/mol. The Balaban J connectivity index is 1.74. The van der Waals surface area contributed by atoms with Crippen LogP contribution in [0.4, 0.5) is 0 Å². The van der Waals surface area contributed by atoms with Crippen molar-refractivity contribution >= 4 is 5.97 Å². The van der Waals surface area contributed by atoms with Gasteiger partial charge < -0.3 is 20.4 Å². The zero-order valence-electron chi connectivity index (χ0n) is 19.2. The van der Waals surface area contributed by atoms with Gasteiger partial charge in [-0.1, -0.05) is 40.5 Å². The molecule has 0 aromatic carbocycles. The summed E-state index contributed by atoms with van der Waals surface area (Å²) in [5, 5.41) is 43.6. The van der Waals surface area contributed by atoms with Crippen LogP contribution >= 0.6 is 0 Å². The van der Waals surface area contributed by atoms with Crippen molar-refractivity contribution in [2.24, 2.45) is 45.8 Å². The number of aliphatic hydroxyl groups excluding tert-OH is 3. The Morgan fingerprint density at radius 1 is 1.07 bits per heavy atom. The van der Waals surface area contributed by atoms with E-state index in [9.17, 15) is 25.2 Å². The normalized spacial score (nSPS) is 54.0. The van der Waals surface area contributed by atoms with Gasteiger partial charge in [-0.15, -0.1) is 0 Å². The molecule has 4 saturated carbocycles. The second-order valence-corrected chi connectivity index (χ2v) is 11.8. The number of rotatable bonds is 4. The first kappa shape index (κ1) is 22.5. The number of aliphatic carboxylic acids is 1. The highest BCUT2D eigenvalue weighted by molar-refractivity contribution is 5.76. The summed E-state index contributed by atoms with van der Waals surface area (Å²) < 4.78 is 0. The van der Waals surface area contributed by atoms with Crippen LogP contribution in [-0.4, -0.2) is 44.7 Å². The predicted octanol–water partition coefficient (Wildman–Crippen LogP) is 3.84. The molecule has 4 rings (SSSR count). The highest BCUT2D eigenvalue weighted by atomic mass is 16.4. The van der Waals surface area contributed by atoms with Gasteiger partial charge in [-0.25, -0.2) is 0 Å². The number of hydrogen-bond donors (Lipinski definition) is 4. The van der Waals surface area contributed by atoms with Crippen molar-refractivity contribution in [2.75, 3.05) is 0 Å². The average Bonchev–Trinajstić information content (AvgIpc) is 3.02. The first-order chi connectivity index (χ1) is 14.0. The molecule has 11 atom stereocenters. The quantitative estimate of drug-likeness (QED) is 0.552. The van der Waals surface area contributed by atoms with E-state index in [4.69, 9.17) is 0 Å². The lowest BCUT2D eigenvalue weighted by Gasteiger charge is -2.66. The van der Waals surface area contributed by atoms with Gasteiger partial charge in [0.2, 0.25) is 0 Å². The van der Waals surface area contributed by atoms with Crippen LogP contribution in [0.5, 0.6) is 0 Å². The van der Waals surface area contributed by atoms with E-state index in [0.29, 0.717) is 31.1 Å². The minimum atomic E-state index is -1.10. The van der Waals surface area contributed by atoms with Crippen molar-refractivity contribution in [1.29, 1.82) is 0 Å². The fraction of sp³-hybridized carbons (Fsp3) is 0.960. The summed E-state index contributed by atoms with van der Waals surface area (Å²) in [5.41, 5.74) is -1.81. The van der Waals surface area contributed by atoms with Gasteiger partial charge in [0.25, 0.3) is 0 Å². The molecule has 0 saturated heterocycles. The molecule has 4 aliphatic carbocycles. The number of aliphatic hydroxyl groups is 3. The molecule has 1 unspecified atom stereocenters. The second-order valence-electron chi connectivity index (χ2n) is 11.8. The van der Waals surface area contributed by atoms with Gasteiger partial charge in [0.15, 0.2) is 0 Å². The predicted molar refractivity (Wildman–Crippen MR) is 115 cm³/mol. The second kappa shape index (κ2) is 7.45. The smallest absolute Gasteiger partial charge is 0.310 e. The molecular weight excluding hydrogens is 380 g/mol. The summed E-state index contributed by atoms with van der Waals surface area (Å²) >= 11 is 0. The number of carbonyl (C=O) groups is 1. The van der Waals surface area contributed by atoms with Crippen molar-refractivity contribution < 1.29 is 25.2 Å². The Hall–Kier alpha value is -0.650. The molecule has 4 N–H and O–H groups in total. The Labute approximate surface area is 181 Å². The Kier molecular flexibility index (Phi) is 5.60. The molecule has 5 heteroatoms. The summed E-state index contributed by atoms with van der Waals surface area (Å²) in [6.45, 7) is 8.86. The third kappa shape index (κ3) is 2.80.